The fourth-order valence-corrected chi connectivity index (χ4v) is 15.6. The molecule has 3 unspecified atom stereocenters. The largest absolute Gasteiger partial charge is 0.476 e. The van der Waals surface area contributed by atoms with Crippen molar-refractivity contribution in [3.05, 3.63) is 119 Å². The third kappa shape index (κ3) is 16.9. The van der Waals surface area contributed by atoms with Crippen LogP contribution in [0.4, 0.5) is 26.2 Å². The normalized spacial score (nSPS) is 19.9. The molecular formula is C64H84N11O12PS. The van der Waals surface area contributed by atoms with Crippen LogP contribution in [0.2, 0.25) is 0 Å². The second-order valence-electron chi connectivity index (χ2n) is 25.3. The van der Waals surface area contributed by atoms with Gasteiger partial charge in [-0.05, 0) is 154 Å². The van der Waals surface area contributed by atoms with E-state index < -0.39 is 43.5 Å². The number of likely N-dealkylation sites (N-methyl/N-ethyl adjacent to an activating group) is 1. The van der Waals surface area contributed by atoms with Crippen LogP contribution >= 0.6 is 18.9 Å². The number of nitrogens with zero attached hydrogens (tertiary/aromatic N) is 6. The minimum absolute atomic E-state index is 0.00313. The topological polar surface area (TPSA) is 315 Å². The lowest BCUT2D eigenvalue weighted by molar-refractivity contribution is -0.202. The van der Waals surface area contributed by atoms with Crippen LogP contribution in [0.1, 0.15) is 129 Å². The lowest BCUT2D eigenvalue weighted by Gasteiger charge is -2.62. The minimum atomic E-state index is -4.32. The first-order chi connectivity index (χ1) is 42.4. The molecule has 25 heteroatoms. The summed E-state index contributed by atoms with van der Waals surface area (Å²) in [5.74, 6) is -1.17. The van der Waals surface area contributed by atoms with Crippen molar-refractivity contribution < 1.29 is 57.6 Å². The van der Waals surface area contributed by atoms with Crippen molar-refractivity contribution in [3.8, 4) is 11.1 Å². The number of pyridine rings is 1. The van der Waals surface area contributed by atoms with Crippen molar-refractivity contribution in [1.29, 1.82) is 0 Å². The van der Waals surface area contributed by atoms with Crippen LogP contribution < -0.4 is 31.9 Å². The Morgan fingerprint density at radius 1 is 0.876 bits per heavy atom. The molecule has 2 bridgehead atoms. The van der Waals surface area contributed by atoms with E-state index >= 15 is 0 Å². The standard InChI is InChI=1S/C64H84N11O12PS/c1-7-63(41-75-42(2)48(33-68-75)46-22-23-53(71-54(46)57(78)79)74-27-24-44-13-10-14-47(49(44)34-74)55(76)72-59-70-50-15-8-9-17-52(50)89-59)38-62(5)36-61(3,4)37-64(39-62,40-63)87-31-30-85-29-28-73(26-12-32-88(82,83)84)60(81)86-35-43-18-20-45(21-19-43)69-56(77)51(66-6)16-11-25-67-58(65)80/h8-10,13-15,17-23,33,51,66H,7,11-12,16,24-32,34-41H2,1-6H3,(H,69,77)(H,78,79)(H3,65,67,80)(H,70,72,76)(H2,82,83,84)/t51-,62?,63?,64?/m0/s1. The molecule has 5 amide bonds. The van der Waals surface area contributed by atoms with E-state index in [4.69, 9.17) is 30.0 Å². The van der Waals surface area contributed by atoms with Crippen molar-refractivity contribution in [2.75, 3.05) is 74.7 Å². The summed E-state index contributed by atoms with van der Waals surface area (Å²) in [6.07, 6.45) is 7.69. The number of carbonyl (C=O) groups excluding carboxylic acids is 4. The van der Waals surface area contributed by atoms with Crippen molar-refractivity contribution >= 4 is 75.7 Å². The van der Waals surface area contributed by atoms with Gasteiger partial charge in [0, 0.05) is 67.3 Å². The third-order valence-corrected chi connectivity index (χ3v) is 19.4. The summed E-state index contributed by atoms with van der Waals surface area (Å²) in [7, 11) is -2.65. The van der Waals surface area contributed by atoms with E-state index in [1.54, 1.807) is 37.5 Å². The fraction of sp³-hybridized carbons (Fsp3) is 0.500. The number of aromatic nitrogens is 4. The highest BCUT2D eigenvalue weighted by Crippen LogP contribution is 2.64. The molecule has 3 aromatic heterocycles. The van der Waals surface area contributed by atoms with E-state index in [1.807, 2.05) is 71.1 Å². The number of nitrogens with one attached hydrogen (secondary N) is 4. The molecule has 23 nitrogen and oxygen atoms in total. The molecule has 2 aliphatic carbocycles. The molecule has 4 heterocycles. The van der Waals surface area contributed by atoms with Gasteiger partial charge in [0.2, 0.25) is 5.91 Å². The highest BCUT2D eigenvalue weighted by molar-refractivity contribution is 7.51. The van der Waals surface area contributed by atoms with Crippen LogP contribution in [-0.4, -0.2) is 140 Å². The summed E-state index contributed by atoms with van der Waals surface area (Å²) in [6, 6.07) is 22.8. The maximum absolute atomic E-state index is 13.8. The van der Waals surface area contributed by atoms with Crippen molar-refractivity contribution in [1.82, 2.24) is 35.3 Å². The highest BCUT2D eigenvalue weighted by Gasteiger charge is 2.59. The predicted octanol–water partition coefficient (Wildman–Crippen LogP) is 9.74. The number of rotatable bonds is 28. The summed E-state index contributed by atoms with van der Waals surface area (Å²) in [5, 5.41) is 27.5. The Morgan fingerprint density at radius 3 is 2.39 bits per heavy atom. The first-order valence-electron chi connectivity index (χ1n) is 30.4. The summed E-state index contributed by atoms with van der Waals surface area (Å²) in [4.78, 5) is 96.2. The van der Waals surface area contributed by atoms with Crippen LogP contribution in [0.25, 0.3) is 21.3 Å². The van der Waals surface area contributed by atoms with Crippen LogP contribution in [0.5, 0.6) is 0 Å². The molecule has 2 saturated carbocycles. The van der Waals surface area contributed by atoms with Gasteiger partial charge < -0.3 is 60.6 Å². The first kappa shape index (κ1) is 66.1. The molecule has 0 radical (unpaired) electrons. The molecule has 89 heavy (non-hydrogen) atoms. The van der Waals surface area contributed by atoms with Gasteiger partial charge in [-0.3, -0.25) is 24.2 Å². The summed E-state index contributed by atoms with van der Waals surface area (Å²) in [5.41, 5.74) is 10.7. The van der Waals surface area contributed by atoms with Gasteiger partial charge in [0.15, 0.2) is 10.8 Å². The molecule has 4 atom stereocenters. The number of para-hydroxylation sites is 1. The van der Waals surface area contributed by atoms with E-state index in [9.17, 15) is 43.4 Å². The number of aromatic carboxylic acids is 1. The lowest BCUT2D eigenvalue weighted by atomic mass is 9.47. The smallest absolute Gasteiger partial charge is 0.410 e. The molecule has 6 aromatic rings. The summed E-state index contributed by atoms with van der Waals surface area (Å²) < 4.78 is 33.6. The van der Waals surface area contributed by atoms with E-state index in [-0.39, 0.29) is 73.1 Å². The number of benzene rings is 3. The molecule has 3 aromatic carbocycles. The fourth-order valence-electron chi connectivity index (χ4n) is 14.2. The number of thiazole rings is 1. The van der Waals surface area contributed by atoms with Gasteiger partial charge in [0.25, 0.3) is 5.91 Å². The second kappa shape index (κ2) is 28.2. The highest BCUT2D eigenvalue weighted by atomic mass is 32.1. The number of fused-ring (bicyclic) bond motifs is 4. The number of hydrogen-bond donors (Lipinski definition) is 8. The van der Waals surface area contributed by atoms with Gasteiger partial charge in [0.1, 0.15) is 12.4 Å². The second-order valence-corrected chi connectivity index (χ2v) is 28.1. The SMILES string of the molecule is CCC1(Cn2ncc(-c3ccc(N4CCc5cccc(C(=O)Nc6nc7ccccc7s6)c5C4)nc3C(=O)O)c2C)CC2(C)CC(C)(C)CC(OCCOCCN(CCCP(=O)(O)O)C(=O)OCc3ccc(NC(=O)[C@H](CCCNC(N)=O)NC)cc3)(C2)C1. The molecular weight excluding hydrogens is 1180 g/mol. The molecule has 9 rings (SSSR count). The number of carboxylic acid groups (broad SMARTS) is 1. The molecule has 1 aliphatic heterocycles. The van der Waals surface area contributed by atoms with Crippen LogP contribution in [-0.2, 0) is 49.7 Å². The van der Waals surface area contributed by atoms with E-state index in [0.717, 1.165) is 65.6 Å². The molecule has 2 fully saturated rings. The number of nitrogens with two attached hydrogens (primary N) is 1. The Hall–Kier alpha value is -7.31. The molecule has 0 saturated heterocycles. The first-order valence-corrected chi connectivity index (χ1v) is 33.1. The van der Waals surface area contributed by atoms with Gasteiger partial charge in [-0.15, -0.1) is 0 Å². The van der Waals surface area contributed by atoms with Crippen molar-refractivity contribution in [3.63, 3.8) is 0 Å². The van der Waals surface area contributed by atoms with E-state index in [2.05, 4.69) is 53.9 Å². The summed E-state index contributed by atoms with van der Waals surface area (Å²) >= 11 is 1.42. The van der Waals surface area contributed by atoms with Gasteiger partial charge in [-0.1, -0.05) is 75.4 Å². The average Bonchev–Trinajstić information content (AvgIpc) is 1.95. The van der Waals surface area contributed by atoms with Gasteiger partial charge >= 0.3 is 25.7 Å². The number of hydrogen-bond acceptors (Lipinski definition) is 15. The number of anilines is 3. The van der Waals surface area contributed by atoms with Gasteiger partial charge in [0.05, 0.1) is 54.0 Å². The minimum Gasteiger partial charge on any atom is -0.476 e. The monoisotopic (exact) mass is 1260 g/mol. The quantitative estimate of drug-likeness (QED) is 0.0167. The number of primary amides is 1. The van der Waals surface area contributed by atoms with Crippen LogP contribution in [0.3, 0.4) is 0 Å². The Bertz CT molecular complexity index is 3540. The number of amides is 5. The van der Waals surface area contributed by atoms with E-state index in [0.29, 0.717) is 90.9 Å². The van der Waals surface area contributed by atoms with Crippen LogP contribution in [0.15, 0.2) is 85.1 Å². The van der Waals surface area contributed by atoms with Crippen molar-refractivity contribution in [2.45, 2.75) is 130 Å². The molecule has 3 aliphatic rings. The number of carboxylic acids is 1. The molecule has 478 valence electrons. The van der Waals surface area contributed by atoms with E-state index in [1.165, 1.54) is 16.2 Å². The number of urea groups is 1. The third-order valence-electron chi connectivity index (χ3n) is 17.5. The summed E-state index contributed by atoms with van der Waals surface area (Å²) in [6.45, 7) is 13.8. The zero-order valence-corrected chi connectivity index (χ0v) is 53.4. The molecule has 9 N–H and O–H groups in total. The van der Waals surface area contributed by atoms with Crippen LogP contribution in [0, 0.1) is 23.2 Å². The number of carbonyl (C=O) groups is 5. The Morgan fingerprint density at radius 2 is 1.66 bits per heavy atom. The Balaban J connectivity index is 0.812. The van der Waals surface area contributed by atoms with Gasteiger partial charge in [-0.2, -0.15) is 5.10 Å². The van der Waals surface area contributed by atoms with Gasteiger partial charge in [-0.25, -0.2) is 24.4 Å². The zero-order chi connectivity index (χ0) is 63.7. The number of ether oxygens (including phenoxy) is 3. The predicted molar refractivity (Wildman–Crippen MR) is 341 cm³/mol. The lowest BCUT2D eigenvalue weighted by Crippen LogP contribution is -2.58. The Kier molecular flexibility index (Phi) is 21.0. The molecule has 0 spiro atoms. The maximum Gasteiger partial charge on any atom is 0.410 e. The Labute approximate surface area is 523 Å². The average molecular weight is 1260 g/mol. The zero-order valence-electron chi connectivity index (χ0n) is 51.6. The van der Waals surface area contributed by atoms with Crippen molar-refractivity contribution in [2.24, 2.45) is 22.0 Å². The maximum atomic E-state index is 13.8.